The summed E-state index contributed by atoms with van der Waals surface area (Å²) in [6.45, 7) is 4.03. The first-order valence-electron chi connectivity index (χ1n) is 6.59. The summed E-state index contributed by atoms with van der Waals surface area (Å²) < 4.78 is 0. The van der Waals surface area contributed by atoms with Gasteiger partial charge in [0.25, 0.3) is 5.69 Å². The molecule has 0 fully saturated rings. The second-order valence-corrected chi connectivity index (χ2v) is 4.95. The highest BCUT2D eigenvalue weighted by Gasteiger charge is 2.11. The van der Waals surface area contributed by atoms with Gasteiger partial charge in [0, 0.05) is 23.9 Å². The lowest BCUT2D eigenvalue weighted by Crippen LogP contribution is -2.10. The number of anilines is 2. The third-order valence-corrected chi connectivity index (χ3v) is 3.26. The highest BCUT2D eigenvalue weighted by atomic mass is 16.6. The number of aryl methyl sites for hydroxylation is 1. The number of hydrogen-bond acceptors (Lipinski definition) is 5. The number of hydrogen-bond donors (Lipinski definition) is 3. The van der Waals surface area contributed by atoms with Crippen LogP contribution in [0.4, 0.5) is 17.1 Å². The van der Waals surface area contributed by atoms with E-state index in [4.69, 9.17) is 5.84 Å². The number of nitrogens with one attached hydrogen (secondary N) is 2. The first-order chi connectivity index (χ1) is 9.99. The molecule has 0 aliphatic rings. The average molecular weight is 286 g/mol. The Morgan fingerprint density at radius 3 is 2.33 bits per heavy atom. The molecule has 2 rings (SSSR count). The van der Waals surface area contributed by atoms with Crippen LogP contribution in [0.25, 0.3) is 0 Å². The first-order valence-corrected chi connectivity index (χ1v) is 6.59. The third kappa shape index (κ3) is 3.70. The second kappa shape index (κ2) is 6.23. The molecular weight excluding hydrogens is 268 g/mol. The lowest BCUT2D eigenvalue weighted by Gasteiger charge is -2.16. The molecule has 0 amide bonds. The molecule has 0 spiro atoms. The van der Waals surface area contributed by atoms with Crippen LogP contribution in [-0.2, 0) is 0 Å². The van der Waals surface area contributed by atoms with Crippen molar-refractivity contribution in [1.29, 1.82) is 0 Å². The summed E-state index contributed by atoms with van der Waals surface area (Å²) in [5.41, 5.74) is 5.86. The van der Waals surface area contributed by atoms with Gasteiger partial charge < -0.3 is 10.7 Å². The predicted molar refractivity (Wildman–Crippen MR) is 84.1 cm³/mol. The lowest BCUT2D eigenvalue weighted by molar-refractivity contribution is -0.384. The van der Waals surface area contributed by atoms with E-state index in [-0.39, 0.29) is 11.7 Å². The summed E-state index contributed by atoms with van der Waals surface area (Å²) in [4.78, 5) is 10.5. The summed E-state index contributed by atoms with van der Waals surface area (Å²) in [6, 6.07) is 12.8. The summed E-state index contributed by atoms with van der Waals surface area (Å²) in [6.07, 6.45) is 0. The van der Waals surface area contributed by atoms with Crippen LogP contribution in [-0.4, -0.2) is 4.92 Å². The molecule has 0 radical (unpaired) electrons. The van der Waals surface area contributed by atoms with Crippen molar-refractivity contribution >= 4 is 17.1 Å². The van der Waals surface area contributed by atoms with Gasteiger partial charge in [-0.15, -0.1) is 0 Å². The monoisotopic (exact) mass is 286 g/mol. The van der Waals surface area contributed by atoms with E-state index in [0.29, 0.717) is 11.4 Å². The zero-order valence-corrected chi connectivity index (χ0v) is 12.0. The molecule has 0 heterocycles. The standard InChI is InChI=1S/C15H18N4O2/c1-10-3-5-12(6-4-10)11(2)17-13-7-14(18-16)9-15(8-13)19(20)21/h3-9,11,17-18H,16H2,1-2H3. The third-order valence-electron chi connectivity index (χ3n) is 3.26. The van der Waals surface area contributed by atoms with Crippen LogP contribution in [0.5, 0.6) is 0 Å². The van der Waals surface area contributed by atoms with Gasteiger partial charge >= 0.3 is 0 Å². The highest BCUT2D eigenvalue weighted by molar-refractivity contribution is 5.63. The maximum Gasteiger partial charge on any atom is 0.273 e. The molecule has 6 heteroatoms. The van der Waals surface area contributed by atoms with Gasteiger partial charge in [0.05, 0.1) is 10.6 Å². The number of nitrogens with zero attached hydrogens (tertiary/aromatic N) is 1. The predicted octanol–water partition coefficient (Wildman–Crippen LogP) is 3.36. The summed E-state index contributed by atoms with van der Waals surface area (Å²) in [5, 5.41) is 14.2. The fourth-order valence-electron chi connectivity index (χ4n) is 2.07. The zero-order valence-electron chi connectivity index (χ0n) is 12.0. The Balaban J connectivity index is 2.23. The molecule has 0 bridgehead atoms. The van der Waals surface area contributed by atoms with E-state index in [0.717, 1.165) is 5.56 Å². The number of hydrazine groups is 1. The van der Waals surface area contributed by atoms with Crippen molar-refractivity contribution in [1.82, 2.24) is 0 Å². The molecule has 0 aliphatic carbocycles. The van der Waals surface area contributed by atoms with Crippen LogP contribution >= 0.6 is 0 Å². The molecule has 21 heavy (non-hydrogen) atoms. The van der Waals surface area contributed by atoms with Crippen LogP contribution in [0, 0.1) is 17.0 Å². The minimum absolute atomic E-state index is 0.0101. The number of non-ortho nitro benzene ring substituents is 1. The SMILES string of the molecule is Cc1ccc(C(C)Nc2cc(NN)cc([N+](=O)[O-])c2)cc1. The van der Waals surface area contributed by atoms with E-state index < -0.39 is 4.92 Å². The van der Waals surface area contributed by atoms with Gasteiger partial charge in [-0.05, 0) is 25.5 Å². The van der Waals surface area contributed by atoms with Crippen LogP contribution in [0.3, 0.4) is 0 Å². The number of nitro groups is 1. The lowest BCUT2D eigenvalue weighted by atomic mass is 10.1. The fourth-order valence-corrected chi connectivity index (χ4v) is 2.07. The topological polar surface area (TPSA) is 93.2 Å². The van der Waals surface area contributed by atoms with Crippen molar-refractivity contribution in [3.8, 4) is 0 Å². The van der Waals surface area contributed by atoms with E-state index >= 15 is 0 Å². The van der Waals surface area contributed by atoms with Gasteiger partial charge in [0.15, 0.2) is 0 Å². The molecule has 4 N–H and O–H groups in total. The molecule has 2 aromatic carbocycles. The number of nitrogen functional groups attached to an aromatic ring is 1. The van der Waals surface area contributed by atoms with E-state index in [9.17, 15) is 10.1 Å². The maximum atomic E-state index is 10.9. The van der Waals surface area contributed by atoms with E-state index in [1.165, 1.54) is 17.7 Å². The molecule has 1 unspecified atom stereocenters. The average Bonchev–Trinajstić information content (AvgIpc) is 2.47. The van der Waals surface area contributed by atoms with Gasteiger partial charge in [0.2, 0.25) is 0 Å². The maximum absolute atomic E-state index is 10.9. The molecule has 0 saturated carbocycles. The van der Waals surface area contributed by atoms with E-state index in [2.05, 4.69) is 10.7 Å². The molecule has 0 saturated heterocycles. The van der Waals surface area contributed by atoms with Crippen LogP contribution in [0.1, 0.15) is 24.1 Å². The Morgan fingerprint density at radius 2 is 1.76 bits per heavy atom. The second-order valence-electron chi connectivity index (χ2n) is 4.95. The van der Waals surface area contributed by atoms with Crippen molar-refractivity contribution in [2.24, 2.45) is 5.84 Å². The zero-order chi connectivity index (χ0) is 15.4. The minimum atomic E-state index is -0.442. The van der Waals surface area contributed by atoms with Gasteiger partial charge in [-0.1, -0.05) is 29.8 Å². The van der Waals surface area contributed by atoms with Crippen LogP contribution in [0.2, 0.25) is 0 Å². The van der Waals surface area contributed by atoms with Crippen molar-refractivity contribution in [2.75, 3.05) is 10.7 Å². The Bertz CT molecular complexity index is 641. The van der Waals surface area contributed by atoms with Gasteiger partial charge in [-0.2, -0.15) is 0 Å². The Morgan fingerprint density at radius 1 is 1.14 bits per heavy atom. The van der Waals surface area contributed by atoms with E-state index in [1.807, 2.05) is 38.1 Å². The molecule has 110 valence electrons. The normalized spacial score (nSPS) is 11.8. The molecule has 6 nitrogen and oxygen atoms in total. The van der Waals surface area contributed by atoms with Gasteiger partial charge in [-0.3, -0.25) is 16.0 Å². The van der Waals surface area contributed by atoms with Crippen molar-refractivity contribution in [2.45, 2.75) is 19.9 Å². The number of benzene rings is 2. The highest BCUT2D eigenvalue weighted by Crippen LogP contribution is 2.27. The summed E-state index contributed by atoms with van der Waals surface area (Å²) in [7, 11) is 0. The molecule has 0 aliphatic heterocycles. The summed E-state index contributed by atoms with van der Waals surface area (Å²) in [5.74, 6) is 5.35. The van der Waals surface area contributed by atoms with Crippen LogP contribution < -0.4 is 16.6 Å². The fraction of sp³-hybridized carbons (Fsp3) is 0.200. The summed E-state index contributed by atoms with van der Waals surface area (Å²) >= 11 is 0. The van der Waals surface area contributed by atoms with Crippen molar-refractivity contribution < 1.29 is 4.92 Å². The molecular formula is C15H18N4O2. The smallest absolute Gasteiger partial charge is 0.273 e. The Kier molecular flexibility index (Phi) is 4.39. The number of nitro benzene ring substituents is 1. The van der Waals surface area contributed by atoms with Crippen LogP contribution in [0.15, 0.2) is 42.5 Å². The van der Waals surface area contributed by atoms with E-state index in [1.54, 1.807) is 6.07 Å². The largest absolute Gasteiger partial charge is 0.378 e. The minimum Gasteiger partial charge on any atom is -0.378 e. The number of nitrogens with two attached hydrogens (primary N) is 1. The van der Waals surface area contributed by atoms with Gasteiger partial charge in [-0.25, -0.2) is 0 Å². The first kappa shape index (κ1) is 14.8. The molecule has 2 aromatic rings. The van der Waals surface area contributed by atoms with Gasteiger partial charge in [0.1, 0.15) is 0 Å². The quantitative estimate of drug-likeness (QED) is 0.445. The molecule has 0 aromatic heterocycles. The Labute approximate surface area is 123 Å². The van der Waals surface area contributed by atoms with Crippen molar-refractivity contribution in [3.05, 3.63) is 63.7 Å². The molecule has 1 atom stereocenters. The van der Waals surface area contributed by atoms with Crippen molar-refractivity contribution in [3.63, 3.8) is 0 Å². The number of rotatable bonds is 5. The Hall–Kier alpha value is -2.60.